The summed E-state index contributed by atoms with van der Waals surface area (Å²) in [5.41, 5.74) is 0. The summed E-state index contributed by atoms with van der Waals surface area (Å²) in [6.07, 6.45) is 3.38. The van der Waals surface area contributed by atoms with Crippen molar-refractivity contribution in [2.45, 2.75) is 32.2 Å². The molecule has 1 saturated heterocycles. The Bertz CT molecular complexity index is 470. The van der Waals surface area contributed by atoms with Crippen LogP contribution in [0.4, 0.5) is 0 Å². The summed E-state index contributed by atoms with van der Waals surface area (Å²) in [5.74, 6) is 0.669. The van der Waals surface area contributed by atoms with Gasteiger partial charge in [-0.2, -0.15) is 0 Å². The molecule has 7 nitrogen and oxygen atoms in total. The first kappa shape index (κ1) is 13.7. The molecule has 2 heterocycles. The van der Waals surface area contributed by atoms with Crippen molar-refractivity contribution in [3.05, 3.63) is 12.2 Å². The number of rotatable bonds is 6. The summed E-state index contributed by atoms with van der Waals surface area (Å²) in [6, 6.07) is -0.382. The van der Waals surface area contributed by atoms with Crippen molar-refractivity contribution in [2.24, 2.45) is 7.05 Å². The molecule has 2 rings (SSSR count). The molecule has 0 aromatic carbocycles. The van der Waals surface area contributed by atoms with E-state index in [1.165, 1.54) is 4.90 Å². The lowest BCUT2D eigenvalue weighted by Crippen LogP contribution is -2.39. The molecule has 1 aromatic rings. The molecule has 1 fully saturated rings. The van der Waals surface area contributed by atoms with Gasteiger partial charge in [0, 0.05) is 26.6 Å². The molecule has 19 heavy (non-hydrogen) atoms. The van der Waals surface area contributed by atoms with Crippen LogP contribution in [0.25, 0.3) is 0 Å². The largest absolute Gasteiger partial charge is 0.321 e. The molecule has 1 aromatic heterocycles. The predicted molar refractivity (Wildman–Crippen MR) is 68.1 cm³/mol. The summed E-state index contributed by atoms with van der Waals surface area (Å²) >= 11 is 0. The Labute approximate surface area is 112 Å². The van der Waals surface area contributed by atoms with Crippen LogP contribution in [0.1, 0.15) is 25.6 Å². The summed E-state index contributed by atoms with van der Waals surface area (Å²) < 4.78 is 1.84. The molecule has 104 valence electrons. The van der Waals surface area contributed by atoms with Gasteiger partial charge in [-0.05, 0) is 6.42 Å². The highest BCUT2D eigenvalue weighted by Crippen LogP contribution is 2.13. The highest BCUT2D eigenvalue weighted by atomic mass is 16.2. The van der Waals surface area contributed by atoms with Gasteiger partial charge in [0.1, 0.15) is 12.2 Å². The van der Waals surface area contributed by atoms with Gasteiger partial charge < -0.3 is 9.88 Å². The minimum Gasteiger partial charge on any atom is -0.321 e. The van der Waals surface area contributed by atoms with Gasteiger partial charge in [-0.1, -0.05) is 6.92 Å². The SMILES string of the molecule is CCCN1C(=O)CC(NCCc2nncn2C)C1=O. The van der Waals surface area contributed by atoms with E-state index in [0.717, 1.165) is 12.2 Å². The molecule has 1 aliphatic rings. The molecule has 1 atom stereocenters. The fourth-order valence-electron chi connectivity index (χ4n) is 2.19. The van der Waals surface area contributed by atoms with Gasteiger partial charge in [0.2, 0.25) is 11.8 Å². The van der Waals surface area contributed by atoms with Crippen LogP contribution in [0.3, 0.4) is 0 Å². The van der Waals surface area contributed by atoms with Crippen LogP contribution in [0.5, 0.6) is 0 Å². The quantitative estimate of drug-likeness (QED) is 0.700. The standard InChI is InChI=1S/C12H19N5O2/c1-3-6-17-11(18)7-9(12(17)19)13-5-4-10-15-14-8-16(10)2/h8-9,13H,3-7H2,1-2H3. The Morgan fingerprint density at radius 2 is 2.26 bits per heavy atom. The third-order valence-corrected chi connectivity index (χ3v) is 3.24. The molecule has 0 radical (unpaired) electrons. The fraction of sp³-hybridized carbons (Fsp3) is 0.667. The molecule has 1 aliphatic heterocycles. The van der Waals surface area contributed by atoms with E-state index >= 15 is 0 Å². The van der Waals surface area contributed by atoms with Gasteiger partial charge in [-0.25, -0.2) is 0 Å². The number of hydrogen-bond acceptors (Lipinski definition) is 5. The van der Waals surface area contributed by atoms with Crippen molar-refractivity contribution in [1.29, 1.82) is 0 Å². The van der Waals surface area contributed by atoms with Crippen LogP contribution < -0.4 is 5.32 Å². The van der Waals surface area contributed by atoms with Gasteiger partial charge >= 0.3 is 0 Å². The van der Waals surface area contributed by atoms with Gasteiger partial charge in [-0.15, -0.1) is 10.2 Å². The van der Waals surface area contributed by atoms with Crippen molar-refractivity contribution < 1.29 is 9.59 Å². The highest BCUT2D eigenvalue weighted by Gasteiger charge is 2.37. The monoisotopic (exact) mass is 265 g/mol. The number of hydrogen-bond donors (Lipinski definition) is 1. The zero-order valence-corrected chi connectivity index (χ0v) is 11.3. The first-order valence-electron chi connectivity index (χ1n) is 6.54. The number of nitrogens with zero attached hydrogens (tertiary/aromatic N) is 4. The molecule has 0 aliphatic carbocycles. The molecular formula is C12H19N5O2. The lowest BCUT2D eigenvalue weighted by molar-refractivity contribution is -0.138. The molecule has 1 unspecified atom stereocenters. The summed E-state index contributed by atoms with van der Waals surface area (Å²) in [7, 11) is 1.88. The number of aryl methyl sites for hydroxylation is 1. The van der Waals surface area contributed by atoms with Crippen molar-refractivity contribution in [2.75, 3.05) is 13.1 Å². The average molecular weight is 265 g/mol. The predicted octanol–water partition coefficient (Wildman–Crippen LogP) is -0.515. The molecule has 0 bridgehead atoms. The second-order valence-electron chi connectivity index (χ2n) is 4.70. The van der Waals surface area contributed by atoms with Crippen molar-refractivity contribution in [3.63, 3.8) is 0 Å². The Kier molecular flexibility index (Phi) is 4.26. The smallest absolute Gasteiger partial charge is 0.246 e. The third kappa shape index (κ3) is 2.98. The molecule has 1 N–H and O–H groups in total. The van der Waals surface area contributed by atoms with E-state index < -0.39 is 0 Å². The van der Waals surface area contributed by atoms with Crippen molar-refractivity contribution >= 4 is 11.8 Å². The Balaban J connectivity index is 1.82. The maximum Gasteiger partial charge on any atom is 0.246 e. The van der Waals surface area contributed by atoms with Crippen molar-refractivity contribution in [3.8, 4) is 0 Å². The number of aromatic nitrogens is 3. The second-order valence-corrected chi connectivity index (χ2v) is 4.70. The zero-order chi connectivity index (χ0) is 13.8. The van der Waals surface area contributed by atoms with Crippen molar-refractivity contribution in [1.82, 2.24) is 25.0 Å². The lowest BCUT2D eigenvalue weighted by atomic mass is 10.2. The highest BCUT2D eigenvalue weighted by molar-refractivity contribution is 6.05. The number of likely N-dealkylation sites (tertiary alicyclic amines) is 1. The van der Waals surface area contributed by atoms with Crippen LogP contribution in [-0.2, 0) is 23.1 Å². The normalized spacial score (nSPS) is 19.5. The third-order valence-electron chi connectivity index (χ3n) is 3.24. The van der Waals surface area contributed by atoms with Gasteiger partial charge in [-0.3, -0.25) is 14.5 Å². The van der Waals surface area contributed by atoms with E-state index in [1.807, 2.05) is 18.5 Å². The van der Waals surface area contributed by atoms with E-state index in [2.05, 4.69) is 15.5 Å². The van der Waals surface area contributed by atoms with Crippen LogP contribution in [0.15, 0.2) is 6.33 Å². The minimum atomic E-state index is -0.382. The fourth-order valence-corrected chi connectivity index (χ4v) is 2.19. The maximum absolute atomic E-state index is 12.0. The van der Waals surface area contributed by atoms with E-state index in [4.69, 9.17) is 0 Å². The van der Waals surface area contributed by atoms with Gasteiger partial charge in [0.25, 0.3) is 0 Å². The number of carbonyl (C=O) groups is 2. The Hall–Kier alpha value is -1.76. The van der Waals surface area contributed by atoms with E-state index in [9.17, 15) is 9.59 Å². The van der Waals surface area contributed by atoms with Crippen LogP contribution >= 0.6 is 0 Å². The van der Waals surface area contributed by atoms with Gasteiger partial charge in [0.05, 0.1) is 12.5 Å². The zero-order valence-electron chi connectivity index (χ0n) is 11.3. The molecular weight excluding hydrogens is 246 g/mol. The number of nitrogens with one attached hydrogen (secondary N) is 1. The number of carbonyl (C=O) groups excluding carboxylic acids is 2. The van der Waals surface area contributed by atoms with E-state index in [-0.39, 0.29) is 24.3 Å². The van der Waals surface area contributed by atoms with E-state index in [1.54, 1.807) is 6.33 Å². The van der Waals surface area contributed by atoms with Crippen LogP contribution in [0, 0.1) is 0 Å². The molecule has 0 spiro atoms. The lowest BCUT2D eigenvalue weighted by Gasteiger charge is -2.14. The average Bonchev–Trinajstić information content (AvgIpc) is 2.89. The molecule has 2 amide bonds. The molecule has 0 saturated carbocycles. The van der Waals surface area contributed by atoms with Gasteiger partial charge in [0.15, 0.2) is 0 Å². The maximum atomic E-state index is 12.0. The van der Waals surface area contributed by atoms with E-state index in [0.29, 0.717) is 19.5 Å². The summed E-state index contributed by atoms with van der Waals surface area (Å²) in [5, 5.41) is 10.9. The number of amides is 2. The molecule has 7 heteroatoms. The summed E-state index contributed by atoms with van der Waals surface area (Å²) in [6.45, 7) is 3.07. The Morgan fingerprint density at radius 1 is 1.47 bits per heavy atom. The second kappa shape index (κ2) is 5.92. The first-order valence-corrected chi connectivity index (χ1v) is 6.54. The minimum absolute atomic E-state index is 0.0805. The van der Waals surface area contributed by atoms with Crippen LogP contribution in [-0.4, -0.2) is 50.6 Å². The summed E-state index contributed by atoms with van der Waals surface area (Å²) in [4.78, 5) is 25.0. The van der Waals surface area contributed by atoms with Crippen LogP contribution in [0.2, 0.25) is 0 Å². The Morgan fingerprint density at radius 3 is 2.89 bits per heavy atom. The number of imide groups is 1. The first-order chi connectivity index (χ1) is 9.13. The topological polar surface area (TPSA) is 80.1 Å².